The van der Waals surface area contributed by atoms with Gasteiger partial charge in [0.1, 0.15) is 0 Å². The molecule has 0 bridgehead atoms. The molecule has 2 rings (SSSR count). The zero-order valence-corrected chi connectivity index (χ0v) is 11.3. The number of rotatable bonds is 3. The minimum absolute atomic E-state index is 0.0437. The molecule has 0 aliphatic carbocycles. The Morgan fingerprint density at radius 1 is 1.06 bits per heavy atom. The van der Waals surface area contributed by atoms with Crippen LogP contribution < -0.4 is 5.32 Å². The van der Waals surface area contributed by atoms with Gasteiger partial charge in [0.05, 0.1) is 5.69 Å². The molecule has 0 aromatic heterocycles. The molecule has 0 saturated heterocycles. The average Bonchev–Trinajstić information content (AvgIpc) is 2.39. The fourth-order valence-electron chi connectivity index (χ4n) is 1.79. The topological polar surface area (TPSA) is 29.1 Å². The summed E-state index contributed by atoms with van der Waals surface area (Å²) < 4.78 is 0. The molecule has 0 atom stereocenters. The van der Waals surface area contributed by atoms with E-state index in [1.54, 1.807) is 11.8 Å². The second kappa shape index (κ2) is 5.74. The number of carbonyl (C=O) groups is 1. The fraction of sp³-hybridized carbons (Fsp3) is 0.133. The van der Waals surface area contributed by atoms with Gasteiger partial charge in [-0.05, 0) is 29.5 Å². The smallest absolute Gasteiger partial charge is 0.221 e. The van der Waals surface area contributed by atoms with Crippen LogP contribution in [0.2, 0.25) is 0 Å². The molecule has 1 amide bonds. The molecule has 2 aromatic rings. The third-order valence-corrected chi connectivity index (χ3v) is 3.40. The maximum absolute atomic E-state index is 11.1. The monoisotopic (exact) mass is 257 g/mol. The van der Waals surface area contributed by atoms with Crippen LogP contribution >= 0.6 is 11.8 Å². The molecule has 92 valence electrons. The molecule has 0 unspecified atom stereocenters. The number of anilines is 1. The lowest BCUT2D eigenvalue weighted by atomic mass is 10.1. The summed E-state index contributed by atoms with van der Waals surface area (Å²) in [5.41, 5.74) is 3.21. The van der Waals surface area contributed by atoms with Crippen molar-refractivity contribution in [2.24, 2.45) is 0 Å². The predicted octanol–water partition coefficient (Wildman–Crippen LogP) is 4.03. The number of carbonyl (C=O) groups excluding carboxylic acids is 1. The van der Waals surface area contributed by atoms with Crippen molar-refractivity contribution in [2.75, 3.05) is 11.6 Å². The normalized spacial score (nSPS) is 10.1. The highest BCUT2D eigenvalue weighted by Gasteiger charge is 2.05. The van der Waals surface area contributed by atoms with E-state index in [0.29, 0.717) is 0 Å². The predicted molar refractivity (Wildman–Crippen MR) is 78.0 cm³/mol. The molecule has 3 heteroatoms. The van der Waals surface area contributed by atoms with E-state index in [-0.39, 0.29) is 5.91 Å². The summed E-state index contributed by atoms with van der Waals surface area (Å²) in [5.74, 6) is -0.0437. The molecule has 1 N–H and O–H groups in total. The summed E-state index contributed by atoms with van der Waals surface area (Å²) in [4.78, 5) is 12.2. The second-order valence-electron chi connectivity index (χ2n) is 3.96. The Kier molecular flexibility index (Phi) is 4.05. The Morgan fingerprint density at radius 3 is 2.39 bits per heavy atom. The number of hydrogen-bond acceptors (Lipinski definition) is 2. The molecule has 0 saturated carbocycles. The summed E-state index contributed by atoms with van der Waals surface area (Å²) in [5, 5.41) is 2.84. The summed E-state index contributed by atoms with van der Waals surface area (Å²) in [6, 6.07) is 16.3. The molecule has 0 fully saturated rings. The quantitative estimate of drug-likeness (QED) is 0.841. The molecule has 18 heavy (non-hydrogen) atoms. The summed E-state index contributed by atoms with van der Waals surface area (Å²) in [6.45, 7) is 1.52. The molecule has 0 aliphatic heterocycles. The molecule has 0 heterocycles. The van der Waals surface area contributed by atoms with Gasteiger partial charge in [-0.2, -0.15) is 0 Å². The Morgan fingerprint density at radius 2 is 1.78 bits per heavy atom. The van der Waals surface area contributed by atoms with E-state index in [0.717, 1.165) is 16.1 Å². The first-order valence-corrected chi connectivity index (χ1v) is 6.94. The van der Waals surface area contributed by atoms with Crippen molar-refractivity contribution in [3.8, 4) is 11.1 Å². The third-order valence-electron chi connectivity index (χ3n) is 2.62. The van der Waals surface area contributed by atoms with E-state index >= 15 is 0 Å². The Labute approximate surface area is 111 Å². The zero-order valence-electron chi connectivity index (χ0n) is 10.4. The first kappa shape index (κ1) is 12.7. The molecule has 2 aromatic carbocycles. The van der Waals surface area contributed by atoms with Gasteiger partial charge in [0.2, 0.25) is 5.91 Å². The molecule has 0 radical (unpaired) electrons. The van der Waals surface area contributed by atoms with Crippen molar-refractivity contribution in [3.05, 3.63) is 48.5 Å². The summed E-state index contributed by atoms with van der Waals surface area (Å²) in [7, 11) is 0. The van der Waals surface area contributed by atoms with Crippen molar-refractivity contribution >= 4 is 23.4 Å². The molecule has 2 nitrogen and oxygen atoms in total. The van der Waals surface area contributed by atoms with Gasteiger partial charge in [-0.15, -0.1) is 11.8 Å². The van der Waals surface area contributed by atoms with Crippen LogP contribution in [0.3, 0.4) is 0 Å². The Bertz CT molecular complexity index is 552. The maximum atomic E-state index is 11.1. The van der Waals surface area contributed by atoms with Crippen molar-refractivity contribution in [3.63, 3.8) is 0 Å². The van der Waals surface area contributed by atoms with E-state index in [9.17, 15) is 4.79 Å². The van der Waals surface area contributed by atoms with Crippen LogP contribution in [0.15, 0.2) is 53.4 Å². The van der Waals surface area contributed by atoms with Gasteiger partial charge in [0.25, 0.3) is 0 Å². The van der Waals surface area contributed by atoms with Gasteiger partial charge in [0.15, 0.2) is 0 Å². The maximum Gasteiger partial charge on any atom is 0.221 e. The first-order valence-electron chi connectivity index (χ1n) is 5.72. The lowest BCUT2D eigenvalue weighted by molar-refractivity contribution is -0.114. The third kappa shape index (κ3) is 2.93. The van der Waals surface area contributed by atoms with E-state index in [4.69, 9.17) is 0 Å². The van der Waals surface area contributed by atoms with Crippen molar-refractivity contribution in [1.82, 2.24) is 0 Å². The van der Waals surface area contributed by atoms with Crippen LogP contribution in [-0.2, 0) is 4.79 Å². The van der Waals surface area contributed by atoms with Crippen LogP contribution in [-0.4, -0.2) is 12.2 Å². The largest absolute Gasteiger partial charge is 0.325 e. The lowest BCUT2D eigenvalue weighted by Gasteiger charge is -2.10. The zero-order chi connectivity index (χ0) is 13.0. The van der Waals surface area contributed by atoms with Crippen molar-refractivity contribution < 1.29 is 4.79 Å². The van der Waals surface area contributed by atoms with E-state index < -0.39 is 0 Å². The van der Waals surface area contributed by atoms with Crippen LogP contribution in [0.1, 0.15) is 6.92 Å². The van der Waals surface area contributed by atoms with Gasteiger partial charge >= 0.3 is 0 Å². The van der Waals surface area contributed by atoms with E-state index in [2.05, 4.69) is 23.5 Å². The van der Waals surface area contributed by atoms with Crippen LogP contribution in [0.5, 0.6) is 0 Å². The van der Waals surface area contributed by atoms with Gasteiger partial charge < -0.3 is 5.32 Å². The van der Waals surface area contributed by atoms with E-state index in [1.165, 1.54) is 12.5 Å². The van der Waals surface area contributed by atoms with Gasteiger partial charge in [-0.1, -0.05) is 36.4 Å². The number of hydrogen-bond donors (Lipinski definition) is 1. The number of benzene rings is 2. The lowest BCUT2D eigenvalue weighted by Crippen LogP contribution is -2.06. The second-order valence-corrected chi connectivity index (χ2v) is 4.81. The highest BCUT2D eigenvalue weighted by atomic mass is 32.2. The minimum Gasteiger partial charge on any atom is -0.325 e. The molecular weight excluding hydrogens is 242 g/mol. The highest BCUT2D eigenvalue weighted by Crippen LogP contribution is 2.30. The molecule has 0 aliphatic rings. The Hall–Kier alpha value is -1.74. The van der Waals surface area contributed by atoms with Crippen LogP contribution in [0.25, 0.3) is 11.1 Å². The van der Waals surface area contributed by atoms with Gasteiger partial charge in [0, 0.05) is 11.8 Å². The average molecular weight is 257 g/mol. The van der Waals surface area contributed by atoms with Crippen LogP contribution in [0.4, 0.5) is 5.69 Å². The highest BCUT2D eigenvalue weighted by molar-refractivity contribution is 7.98. The van der Waals surface area contributed by atoms with E-state index in [1.807, 2.05) is 36.6 Å². The van der Waals surface area contributed by atoms with Crippen LogP contribution in [0, 0.1) is 0 Å². The number of thioether (sulfide) groups is 1. The minimum atomic E-state index is -0.0437. The first-order chi connectivity index (χ1) is 8.70. The molecule has 0 spiro atoms. The van der Waals surface area contributed by atoms with Gasteiger partial charge in [-0.3, -0.25) is 4.79 Å². The number of amides is 1. The Balaban J connectivity index is 2.39. The number of nitrogens with one attached hydrogen (secondary N) is 1. The summed E-state index contributed by atoms with van der Waals surface area (Å²) >= 11 is 1.63. The molecular formula is C15H15NOS. The van der Waals surface area contributed by atoms with Crippen molar-refractivity contribution in [1.29, 1.82) is 0 Å². The standard InChI is InChI=1S/C15H15NOS/c1-11(17)16-14-9-8-13(10-15(14)18-2)12-6-4-3-5-7-12/h3-10H,1-2H3,(H,16,17). The van der Waals surface area contributed by atoms with Gasteiger partial charge in [-0.25, -0.2) is 0 Å². The summed E-state index contributed by atoms with van der Waals surface area (Å²) in [6.07, 6.45) is 2.01. The fourth-order valence-corrected chi connectivity index (χ4v) is 2.38. The van der Waals surface area contributed by atoms with Crippen molar-refractivity contribution in [2.45, 2.75) is 11.8 Å². The SMILES string of the molecule is CSc1cc(-c2ccccc2)ccc1NC(C)=O.